The highest BCUT2D eigenvalue weighted by atomic mass is 16.3. The minimum atomic E-state index is 0.215. The molecule has 8 heteroatoms. The van der Waals surface area contributed by atoms with Gasteiger partial charge in [0.25, 0.3) is 0 Å². The maximum absolute atomic E-state index is 11.8. The van der Waals surface area contributed by atoms with Crippen LogP contribution < -0.4 is 19.6 Å². The molecule has 0 saturated carbocycles. The van der Waals surface area contributed by atoms with Gasteiger partial charge < -0.3 is 38.9 Å². The SMILES string of the molecule is Oc1ccc(-c2ccccc2-n2c3ccccc3c3ccccc32)cc1N1CN(CN2CN(c3cc(-c4ccccc4-n4c5ccccc5c5ccccc54)ccc3O)c3ccccc32)c2ccccc21. The number of hydrogen-bond donors (Lipinski definition) is 2. The fraction of sp³-hybridized carbons (Fsp3) is 0.0476. The van der Waals surface area contributed by atoms with E-state index < -0.39 is 0 Å². The number of phenolic OH excluding ortho intramolecular Hbond substituents is 2. The van der Waals surface area contributed by atoms with Crippen molar-refractivity contribution in [1.82, 2.24) is 9.13 Å². The lowest BCUT2D eigenvalue weighted by Crippen LogP contribution is -2.40. The highest BCUT2D eigenvalue weighted by molar-refractivity contribution is 6.11. The monoisotopic (exact) mass is 918 g/mol. The molecule has 2 aliphatic rings. The molecule has 0 fully saturated rings. The Bertz CT molecular complexity index is 3710. The van der Waals surface area contributed by atoms with Crippen molar-refractivity contribution in [2.45, 2.75) is 0 Å². The summed E-state index contributed by atoms with van der Waals surface area (Å²) in [6.07, 6.45) is 0. The summed E-state index contributed by atoms with van der Waals surface area (Å²) in [5.74, 6) is 0.431. The molecule has 8 nitrogen and oxygen atoms in total. The molecule has 0 spiro atoms. The summed E-state index contributed by atoms with van der Waals surface area (Å²) >= 11 is 0. The Kier molecular flexibility index (Phi) is 9.22. The van der Waals surface area contributed by atoms with Gasteiger partial charge >= 0.3 is 0 Å². The van der Waals surface area contributed by atoms with E-state index in [2.05, 4.69) is 235 Å². The van der Waals surface area contributed by atoms with Crippen LogP contribution in [-0.2, 0) is 0 Å². The van der Waals surface area contributed by atoms with E-state index in [0.717, 1.165) is 89.8 Å². The van der Waals surface area contributed by atoms with E-state index in [-0.39, 0.29) is 11.5 Å². The molecule has 0 unspecified atom stereocenters. The summed E-state index contributed by atoms with van der Waals surface area (Å²) in [4.78, 5) is 9.18. The second-order valence-electron chi connectivity index (χ2n) is 18.5. The standard InChI is InChI=1S/C63H46N6O2/c70-62-35-33-42(44-17-1-7-23-50(44)68-52-25-9-3-19-46(52)47-20-4-10-26-53(47)68)37-60(62)66-40-64(56-29-13-15-31-58(56)66)39-65-41-67(59-32-16-14-30-57(59)65)61-38-43(34-36-63(61)71)45-18-2-8-24-51(45)69-54-27-11-5-21-48(54)49-22-6-12-28-55(49)69/h1-38,70-71H,39-41H2. The van der Waals surface area contributed by atoms with E-state index in [0.29, 0.717) is 20.0 Å². The molecule has 0 aliphatic carbocycles. The van der Waals surface area contributed by atoms with Crippen molar-refractivity contribution < 1.29 is 10.2 Å². The van der Waals surface area contributed by atoms with Gasteiger partial charge in [0, 0.05) is 32.7 Å². The van der Waals surface area contributed by atoms with Crippen LogP contribution >= 0.6 is 0 Å². The molecule has 0 amide bonds. The highest BCUT2D eigenvalue weighted by Crippen LogP contribution is 2.49. The number of aromatic hydroxyl groups is 2. The summed E-state index contributed by atoms with van der Waals surface area (Å²) in [5, 5.41) is 28.4. The fourth-order valence-electron chi connectivity index (χ4n) is 11.4. The molecule has 4 heterocycles. The van der Waals surface area contributed by atoms with Crippen LogP contribution in [0.15, 0.2) is 231 Å². The van der Waals surface area contributed by atoms with Crippen LogP contribution in [0.2, 0.25) is 0 Å². The minimum absolute atomic E-state index is 0.215. The molecule has 0 saturated heterocycles. The van der Waals surface area contributed by atoms with Crippen molar-refractivity contribution >= 4 is 77.7 Å². The number of aromatic nitrogens is 2. The first kappa shape index (κ1) is 40.6. The van der Waals surface area contributed by atoms with Gasteiger partial charge in [-0.25, -0.2) is 0 Å². The zero-order valence-corrected chi connectivity index (χ0v) is 38.6. The Morgan fingerprint density at radius 2 is 0.606 bits per heavy atom. The summed E-state index contributed by atoms with van der Waals surface area (Å²) in [5.41, 5.74) is 16.6. The number of benzene rings is 10. The first-order valence-electron chi connectivity index (χ1n) is 24.1. The number of para-hydroxylation sites is 10. The van der Waals surface area contributed by atoms with Crippen molar-refractivity contribution in [3.63, 3.8) is 0 Å². The van der Waals surface area contributed by atoms with E-state index in [9.17, 15) is 10.2 Å². The van der Waals surface area contributed by atoms with E-state index in [1.165, 1.54) is 21.5 Å². The lowest BCUT2D eigenvalue weighted by molar-refractivity contribution is 0.475. The topological polar surface area (TPSA) is 63.3 Å². The zero-order valence-electron chi connectivity index (χ0n) is 38.6. The van der Waals surface area contributed by atoms with Crippen LogP contribution in [-0.4, -0.2) is 39.4 Å². The average molecular weight is 919 g/mol. The second-order valence-corrected chi connectivity index (χ2v) is 18.5. The van der Waals surface area contributed by atoms with Crippen LogP contribution in [0, 0.1) is 0 Å². The van der Waals surface area contributed by atoms with Crippen LogP contribution in [0.4, 0.5) is 34.1 Å². The Balaban J connectivity index is 0.797. The Morgan fingerprint density at radius 3 is 0.986 bits per heavy atom. The summed E-state index contributed by atoms with van der Waals surface area (Å²) in [7, 11) is 0. The summed E-state index contributed by atoms with van der Waals surface area (Å²) in [6.45, 7) is 1.60. The van der Waals surface area contributed by atoms with E-state index in [1.54, 1.807) is 0 Å². The third-order valence-electron chi connectivity index (χ3n) is 14.6. The Morgan fingerprint density at radius 1 is 0.296 bits per heavy atom. The largest absolute Gasteiger partial charge is 0.506 e. The lowest BCUT2D eigenvalue weighted by Gasteiger charge is -2.29. The molecule has 2 aromatic heterocycles. The van der Waals surface area contributed by atoms with Crippen molar-refractivity contribution in [3.05, 3.63) is 231 Å². The molecule has 2 aliphatic heterocycles. The molecule has 2 N–H and O–H groups in total. The predicted octanol–water partition coefficient (Wildman–Crippen LogP) is 15.1. The Labute approximate surface area is 410 Å². The highest BCUT2D eigenvalue weighted by Gasteiger charge is 2.34. The van der Waals surface area contributed by atoms with Crippen molar-refractivity contribution in [2.24, 2.45) is 0 Å². The van der Waals surface area contributed by atoms with Gasteiger partial charge in [0.1, 0.15) is 11.5 Å². The van der Waals surface area contributed by atoms with Crippen LogP contribution in [0.25, 0.3) is 77.2 Å². The van der Waals surface area contributed by atoms with Gasteiger partial charge in [0.15, 0.2) is 0 Å². The number of rotatable bonds is 8. The quantitative estimate of drug-likeness (QED) is 0.158. The van der Waals surface area contributed by atoms with E-state index in [1.807, 2.05) is 24.3 Å². The molecule has 0 atom stereocenters. The molecule has 14 rings (SSSR count). The van der Waals surface area contributed by atoms with Crippen LogP contribution in [0.5, 0.6) is 11.5 Å². The van der Waals surface area contributed by atoms with E-state index in [4.69, 9.17) is 0 Å². The van der Waals surface area contributed by atoms with Crippen molar-refractivity contribution in [1.29, 1.82) is 0 Å². The number of phenols is 2. The van der Waals surface area contributed by atoms with Crippen LogP contribution in [0.3, 0.4) is 0 Å². The van der Waals surface area contributed by atoms with Gasteiger partial charge in [0.05, 0.1) is 87.6 Å². The number of fused-ring (bicyclic) bond motifs is 8. The van der Waals surface area contributed by atoms with Gasteiger partial charge in [-0.05, 0) is 96.1 Å². The van der Waals surface area contributed by atoms with Crippen molar-refractivity contribution in [3.8, 4) is 45.1 Å². The van der Waals surface area contributed by atoms with Gasteiger partial charge in [-0.3, -0.25) is 0 Å². The molecular formula is C63H46N6O2. The first-order chi connectivity index (χ1) is 35.1. The van der Waals surface area contributed by atoms with Crippen LogP contribution in [0.1, 0.15) is 0 Å². The fourth-order valence-corrected chi connectivity index (χ4v) is 11.4. The third-order valence-corrected chi connectivity index (χ3v) is 14.6. The zero-order chi connectivity index (χ0) is 47.2. The van der Waals surface area contributed by atoms with E-state index >= 15 is 0 Å². The second kappa shape index (κ2) is 16.1. The first-order valence-corrected chi connectivity index (χ1v) is 24.1. The Hall–Kier alpha value is -9.40. The van der Waals surface area contributed by atoms with Gasteiger partial charge in [-0.1, -0.05) is 146 Å². The molecule has 10 aromatic carbocycles. The molecule has 0 radical (unpaired) electrons. The third kappa shape index (κ3) is 6.38. The van der Waals surface area contributed by atoms with Gasteiger partial charge in [-0.15, -0.1) is 0 Å². The normalized spacial score (nSPS) is 13.3. The molecule has 340 valence electrons. The average Bonchev–Trinajstić information content (AvgIpc) is 4.18. The molecule has 71 heavy (non-hydrogen) atoms. The van der Waals surface area contributed by atoms with Gasteiger partial charge in [-0.2, -0.15) is 0 Å². The van der Waals surface area contributed by atoms with Crippen molar-refractivity contribution in [2.75, 3.05) is 39.6 Å². The summed E-state index contributed by atoms with van der Waals surface area (Å²) in [6, 6.07) is 80.3. The van der Waals surface area contributed by atoms with Gasteiger partial charge in [0.2, 0.25) is 0 Å². The molecule has 12 aromatic rings. The predicted molar refractivity (Wildman–Crippen MR) is 292 cm³/mol. The summed E-state index contributed by atoms with van der Waals surface area (Å²) < 4.78 is 4.72. The number of nitrogens with zero attached hydrogens (tertiary/aromatic N) is 6. The lowest BCUT2D eigenvalue weighted by atomic mass is 10.0. The molecule has 0 bridgehead atoms. The maximum atomic E-state index is 11.8. The smallest absolute Gasteiger partial charge is 0.139 e. The number of hydrogen-bond acceptors (Lipinski definition) is 6. The number of anilines is 6. The maximum Gasteiger partial charge on any atom is 0.139 e. The molecular weight excluding hydrogens is 873 g/mol. The minimum Gasteiger partial charge on any atom is -0.506 e.